The molecule has 2 aromatic carbocycles. The molecule has 4 rings (SSSR count). The van der Waals surface area contributed by atoms with Gasteiger partial charge in [0, 0.05) is 22.7 Å². The van der Waals surface area contributed by atoms with Crippen molar-refractivity contribution < 1.29 is 28.2 Å². The summed E-state index contributed by atoms with van der Waals surface area (Å²) >= 11 is 11.9. The average Bonchev–Trinajstić information content (AvgIpc) is 3.34. The zero-order valence-corrected chi connectivity index (χ0v) is 18.6. The molecule has 0 saturated heterocycles. The highest BCUT2D eigenvalue weighted by atomic mass is 35.5. The molecule has 0 unspecified atom stereocenters. The summed E-state index contributed by atoms with van der Waals surface area (Å²) in [5.74, 6) is -4.85. The summed E-state index contributed by atoms with van der Waals surface area (Å²) in [5.41, 5.74) is 0.385. The molecule has 9 heteroatoms. The molecule has 0 bridgehead atoms. The molecule has 0 aliphatic heterocycles. The number of hydrogen-bond acceptors (Lipinski definition) is 4. The van der Waals surface area contributed by atoms with Gasteiger partial charge in [-0.1, -0.05) is 23.2 Å². The molecule has 5 nitrogen and oxygen atoms in total. The van der Waals surface area contributed by atoms with Crippen LogP contribution in [0.1, 0.15) is 47.3 Å². The maximum Gasteiger partial charge on any atom is 0.310 e. The van der Waals surface area contributed by atoms with E-state index in [1.807, 2.05) is 0 Å². The normalized spacial score (nSPS) is 14.3. The number of rotatable bonds is 4. The van der Waals surface area contributed by atoms with Gasteiger partial charge in [-0.05, 0) is 56.4 Å². The molecular weight excluding hydrogens is 463 g/mol. The lowest BCUT2D eigenvalue weighted by Crippen LogP contribution is -2.17. The van der Waals surface area contributed by atoms with Gasteiger partial charge in [0.05, 0.1) is 22.0 Å². The maximum absolute atomic E-state index is 14.9. The van der Waals surface area contributed by atoms with E-state index < -0.39 is 29.3 Å². The Morgan fingerprint density at radius 1 is 1.16 bits per heavy atom. The Hall–Kier alpha value is -2.64. The number of carbonyl (C=O) groups is 2. The highest BCUT2D eigenvalue weighted by Crippen LogP contribution is 2.36. The Kier molecular flexibility index (Phi) is 6.14. The number of phenolic OH excluding ortho intramolecular Hbond substituents is 1. The van der Waals surface area contributed by atoms with Crippen LogP contribution in [0.2, 0.25) is 10.0 Å². The number of carbonyl (C=O) groups excluding carboxylic acids is 2. The second-order valence-electron chi connectivity index (χ2n) is 7.82. The first-order valence-electron chi connectivity index (χ1n) is 10.1. The van der Waals surface area contributed by atoms with Crippen molar-refractivity contribution in [2.45, 2.75) is 45.1 Å². The summed E-state index contributed by atoms with van der Waals surface area (Å²) in [6, 6.07) is 5.08. The lowest BCUT2D eigenvalue weighted by Gasteiger charge is -2.12. The predicted octanol–water partition coefficient (Wildman–Crippen LogP) is 5.96. The molecule has 0 atom stereocenters. The maximum atomic E-state index is 14.9. The molecule has 0 spiro atoms. The van der Waals surface area contributed by atoms with Crippen LogP contribution in [0.15, 0.2) is 24.3 Å². The number of fused-ring (bicyclic) bond motifs is 1. The van der Waals surface area contributed by atoms with Crippen molar-refractivity contribution in [3.63, 3.8) is 0 Å². The number of benzene rings is 2. The molecule has 0 radical (unpaired) electrons. The smallest absolute Gasteiger partial charge is 0.310 e. The van der Waals surface area contributed by atoms with Crippen LogP contribution >= 0.6 is 23.2 Å². The van der Waals surface area contributed by atoms with Crippen LogP contribution in [0, 0.1) is 18.6 Å². The molecule has 32 heavy (non-hydrogen) atoms. The second kappa shape index (κ2) is 8.71. The molecule has 1 saturated carbocycles. The van der Waals surface area contributed by atoms with Gasteiger partial charge in [-0.3, -0.25) is 14.2 Å². The first kappa shape index (κ1) is 22.6. The summed E-state index contributed by atoms with van der Waals surface area (Å²) in [6.07, 6.45) is 2.95. The molecule has 3 aromatic rings. The highest BCUT2D eigenvalue weighted by Gasteiger charge is 2.28. The molecule has 168 valence electrons. The van der Waals surface area contributed by atoms with Gasteiger partial charge in [0.15, 0.2) is 17.4 Å². The van der Waals surface area contributed by atoms with E-state index in [9.17, 15) is 23.5 Å². The molecule has 1 aliphatic rings. The van der Waals surface area contributed by atoms with Gasteiger partial charge < -0.3 is 9.84 Å². The number of esters is 1. The minimum Gasteiger partial charge on any atom is -0.503 e. The van der Waals surface area contributed by atoms with Crippen molar-refractivity contribution in [3.8, 4) is 5.75 Å². The van der Waals surface area contributed by atoms with Crippen LogP contribution in [0.5, 0.6) is 5.75 Å². The number of hydrogen-bond donors (Lipinski definition) is 1. The number of aromatic hydroxyl groups is 1. The van der Waals surface area contributed by atoms with Gasteiger partial charge >= 0.3 is 5.97 Å². The van der Waals surface area contributed by atoms with Crippen LogP contribution in [0.4, 0.5) is 8.78 Å². The summed E-state index contributed by atoms with van der Waals surface area (Å²) in [4.78, 5) is 25.8. The number of nitrogens with zero attached hydrogens (tertiary/aromatic N) is 1. The Morgan fingerprint density at radius 2 is 1.84 bits per heavy atom. The van der Waals surface area contributed by atoms with Crippen LogP contribution < -0.4 is 0 Å². The van der Waals surface area contributed by atoms with E-state index in [2.05, 4.69) is 0 Å². The Morgan fingerprint density at radius 3 is 2.50 bits per heavy atom. The van der Waals surface area contributed by atoms with Crippen molar-refractivity contribution in [2.75, 3.05) is 0 Å². The summed E-state index contributed by atoms with van der Waals surface area (Å²) < 4.78 is 35.7. The first-order chi connectivity index (χ1) is 15.2. The molecule has 1 aromatic heterocycles. The van der Waals surface area contributed by atoms with E-state index in [0.29, 0.717) is 0 Å². The predicted molar refractivity (Wildman–Crippen MR) is 116 cm³/mol. The van der Waals surface area contributed by atoms with E-state index in [0.717, 1.165) is 36.3 Å². The molecule has 0 amide bonds. The second-order valence-corrected chi connectivity index (χ2v) is 8.64. The minimum absolute atomic E-state index is 0.116. The average molecular weight is 482 g/mol. The van der Waals surface area contributed by atoms with E-state index in [4.69, 9.17) is 27.9 Å². The van der Waals surface area contributed by atoms with Crippen LogP contribution in [-0.2, 0) is 16.0 Å². The van der Waals surface area contributed by atoms with Crippen LogP contribution in [-0.4, -0.2) is 27.7 Å². The van der Waals surface area contributed by atoms with Gasteiger partial charge in [-0.25, -0.2) is 8.78 Å². The number of ether oxygens (including phenoxy) is 1. The number of phenols is 1. The van der Waals surface area contributed by atoms with Gasteiger partial charge in [0.1, 0.15) is 6.10 Å². The summed E-state index contributed by atoms with van der Waals surface area (Å²) in [5, 5.41) is 10.00. The standard InChI is InChI=1S/C23H19Cl2F2NO4/c1-11-14(9-19(29)32-13-4-2-3-5-13)20-18(10-17(26)22(30)21(20)27)28(11)23(31)12-6-7-15(24)16(25)8-12/h6-8,10,13,30H,2-5,9H2,1H3. The first-order valence-corrected chi connectivity index (χ1v) is 10.8. The Bertz CT molecular complexity index is 1250. The molecule has 1 heterocycles. The number of aromatic nitrogens is 1. The van der Waals surface area contributed by atoms with Crippen molar-refractivity contribution >= 4 is 46.0 Å². The third-order valence-electron chi connectivity index (χ3n) is 5.78. The largest absolute Gasteiger partial charge is 0.503 e. The quantitative estimate of drug-likeness (QED) is 0.467. The molecule has 1 fully saturated rings. The SMILES string of the molecule is Cc1c(CC(=O)OC2CCCC2)c2c(F)c(O)c(F)cc2n1C(=O)c1ccc(Cl)c(Cl)c1. The zero-order valence-electron chi connectivity index (χ0n) is 17.1. The van der Waals surface area contributed by atoms with Crippen molar-refractivity contribution in [3.05, 3.63) is 62.8 Å². The van der Waals surface area contributed by atoms with Crippen LogP contribution in [0.25, 0.3) is 10.9 Å². The summed E-state index contributed by atoms with van der Waals surface area (Å²) in [6.45, 7) is 1.52. The zero-order chi connectivity index (χ0) is 23.2. The fourth-order valence-corrected chi connectivity index (χ4v) is 4.47. The third kappa shape index (κ3) is 3.95. The fourth-order valence-electron chi connectivity index (χ4n) is 4.17. The highest BCUT2D eigenvalue weighted by molar-refractivity contribution is 6.42. The van der Waals surface area contributed by atoms with Gasteiger partial charge in [-0.15, -0.1) is 0 Å². The fraction of sp³-hybridized carbons (Fsp3) is 0.304. The van der Waals surface area contributed by atoms with E-state index in [1.165, 1.54) is 25.1 Å². The van der Waals surface area contributed by atoms with E-state index in [-0.39, 0.29) is 50.3 Å². The van der Waals surface area contributed by atoms with Crippen molar-refractivity contribution in [2.24, 2.45) is 0 Å². The molecular formula is C23H19Cl2F2NO4. The van der Waals surface area contributed by atoms with Crippen molar-refractivity contribution in [1.82, 2.24) is 4.57 Å². The lowest BCUT2D eigenvalue weighted by molar-refractivity contribution is -0.147. The Balaban J connectivity index is 1.84. The topological polar surface area (TPSA) is 68.5 Å². The van der Waals surface area contributed by atoms with Gasteiger partial charge in [-0.2, -0.15) is 0 Å². The Labute approximate surface area is 192 Å². The monoisotopic (exact) mass is 481 g/mol. The van der Waals surface area contributed by atoms with E-state index in [1.54, 1.807) is 0 Å². The van der Waals surface area contributed by atoms with Gasteiger partial charge in [0.25, 0.3) is 5.91 Å². The lowest BCUT2D eigenvalue weighted by atomic mass is 10.1. The molecule has 1 aliphatic carbocycles. The van der Waals surface area contributed by atoms with E-state index >= 15 is 0 Å². The third-order valence-corrected chi connectivity index (χ3v) is 6.52. The molecule has 1 N–H and O–H groups in total. The van der Waals surface area contributed by atoms with Crippen molar-refractivity contribution in [1.29, 1.82) is 0 Å². The minimum atomic E-state index is -1.24. The summed E-state index contributed by atoms with van der Waals surface area (Å²) in [7, 11) is 0. The van der Waals surface area contributed by atoms with Gasteiger partial charge in [0.2, 0.25) is 0 Å². The number of halogens is 4. The van der Waals surface area contributed by atoms with Crippen LogP contribution in [0.3, 0.4) is 0 Å².